The van der Waals surface area contributed by atoms with E-state index < -0.39 is 0 Å². The van der Waals surface area contributed by atoms with Crippen LogP contribution in [-0.4, -0.2) is 38.3 Å². The van der Waals surface area contributed by atoms with Gasteiger partial charge in [0.1, 0.15) is 6.61 Å². The molecule has 18 heavy (non-hydrogen) atoms. The van der Waals surface area contributed by atoms with E-state index in [2.05, 4.69) is 20.5 Å². The Balaban J connectivity index is 1.99. The summed E-state index contributed by atoms with van der Waals surface area (Å²) in [5, 5.41) is 11.6. The van der Waals surface area contributed by atoms with Gasteiger partial charge in [-0.3, -0.25) is 4.68 Å². The van der Waals surface area contributed by atoms with Gasteiger partial charge in [-0.2, -0.15) is 4.98 Å². The molecule has 2 heterocycles. The van der Waals surface area contributed by atoms with E-state index in [0.29, 0.717) is 43.7 Å². The smallest absolute Gasteiger partial charge is 0.280 e. The van der Waals surface area contributed by atoms with Crippen LogP contribution in [-0.2, 0) is 17.9 Å². The van der Waals surface area contributed by atoms with E-state index in [4.69, 9.17) is 15.0 Å². The quantitative estimate of drug-likeness (QED) is 0.702. The van der Waals surface area contributed by atoms with Crippen molar-refractivity contribution in [2.45, 2.75) is 26.5 Å². The molecule has 0 radical (unpaired) electrons. The first kappa shape index (κ1) is 12.7. The second-order valence-electron chi connectivity index (χ2n) is 3.72. The topological polar surface area (TPSA) is 105 Å². The van der Waals surface area contributed by atoms with Crippen molar-refractivity contribution in [3.05, 3.63) is 12.0 Å². The third-order valence-electron chi connectivity index (χ3n) is 2.16. The van der Waals surface area contributed by atoms with Crippen LogP contribution in [0.25, 0.3) is 11.6 Å². The summed E-state index contributed by atoms with van der Waals surface area (Å²) >= 11 is 0. The second kappa shape index (κ2) is 6.22. The standard InChI is InChI=1S/C10H16N6O2/c1-2-5-17-7-9-12-10(18-14-9)8-6-16(4-3-11)15-13-8/h6H,2-5,7,11H2,1H3. The number of aromatic nitrogens is 5. The van der Waals surface area contributed by atoms with Crippen molar-refractivity contribution in [2.75, 3.05) is 13.2 Å². The lowest BCUT2D eigenvalue weighted by Crippen LogP contribution is -2.10. The van der Waals surface area contributed by atoms with E-state index in [-0.39, 0.29) is 0 Å². The molecular weight excluding hydrogens is 236 g/mol. The van der Waals surface area contributed by atoms with Crippen molar-refractivity contribution >= 4 is 0 Å². The fourth-order valence-corrected chi connectivity index (χ4v) is 1.36. The SMILES string of the molecule is CCCOCc1noc(-c2cn(CCN)nn2)n1. The van der Waals surface area contributed by atoms with E-state index in [9.17, 15) is 0 Å². The number of nitrogens with zero attached hydrogens (tertiary/aromatic N) is 5. The highest BCUT2D eigenvalue weighted by Crippen LogP contribution is 2.13. The van der Waals surface area contributed by atoms with E-state index in [1.54, 1.807) is 10.9 Å². The van der Waals surface area contributed by atoms with Gasteiger partial charge in [0.2, 0.25) is 0 Å². The van der Waals surface area contributed by atoms with E-state index in [1.165, 1.54) is 0 Å². The summed E-state index contributed by atoms with van der Waals surface area (Å²) in [5.74, 6) is 0.847. The minimum Gasteiger partial charge on any atom is -0.373 e. The molecule has 2 rings (SSSR count). The van der Waals surface area contributed by atoms with Crippen molar-refractivity contribution in [2.24, 2.45) is 5.73 Å². The van der Waals surface area contributed by atoms with Crippen LogP contribution in [0.1, 0.15) is 19.2 Å². The minimum absolute atomic E-state index is 0.341. The maximum Gasteiger partial charge on any atom is 0.280 e. The van der Waals surface area contributed by atoms with Crippen LogP contribution < -0.4 is 5.73 Å². The Morgan fingerprint density at radius 3 is 3.17 bits per heavy atom. The van der Waals surface area contributed by atoms with Crippen LogP contribution in [0.15, 0.2) is 10.7 Å². The van der Waals surface area contributed by atoms with Gasteiger partial charge in [0, 0.05) is 13.2 Å². The van der Waals surface area contributed by atoms with Gasteiger partial charge >= 0.3 is 0 Å². The molecule has 98 valence electrons. The second-order valence-corrected chi connectivity index (χ2v) is 3.72. The lowest BCUT2D eigenvalue weighted by molar-refractivity contribution is 0.114. The minimum atomic E-state index is 0.341. The normalized spacial score (nSPS) is 11.0. The van der Waals surface area contributed by atoms with Crippen LogP contribution in [0.5, 0.6) is 0 Å². The van der Waals surface area contributed by atoms with Gasteiger partial charge in [0.25, 0.3) is 5.89 Å². The summed E-state index contributed by atoms with van der Waals surface area (Å²) in [7, 11) is 0. The van der Waals surface area contributed by atoms with Crippen molar-refractivity contribution < 1.29 is 9.26 Å². The summed E-state index contributed by atoms with van der Waals surface area (Å²) in [5.41, 5.74) is 5.96. The van der Waals surface area contributed by atoms with Crippen molar-refractivity contribution in [3.63, 3.8) is 0 Å². The number of hydrogen-bond donors (Lipinski definition) is 1. The molecular formula is C10H16N6O2. The number of rotatable bonds is 7. The Bertz CT molecular complexity index is 480. The molecule has 0 amide bonds. The molecule has 0 aliphatic heterocycles. The Labute approximate surface area is 104 Å². The summed E-state index contributed by atoms with van der Waals surface area (Å²) in [6.07, 6.45) is 2.68. The molecule has 2 N–H and O–H groups in total. The average molecular weight is 252 g/mol. The fraction of sp³-hybridized carbons (Fsp3) is 0.600. The maximum absolute atomic E-state index is 5.42. The molecule has 0 atom stereocenters. The molecule has 0 fully saturated rings. The summed E-state index contributed by atoms with van der Waals surface area (Å²) in [4.78, 5) is 4.18. The lowest BCUT2D eigenvalue weighted by Gasteiger charge is -1.95. The van der Waals surface area contributed by atoms with Gasteiger partial charge in [-0.05, 0) is 6.42 Å². The number of ether oxygens (including phenoxy) is 1. The predicted octanol–water partition coefficient (Wildman–Crippen LogP) is 0.213. The lowest BCUT2D eigenvalue weighted by atomic mass is 10.5. The molecule has 0 bridgehead atoms. The van der Waals surface area contributed by atoms with Crippen LogP contribution in [0.3, 0.4) is 0 Å². The summed E-state index contributed by atoms with van der Waals surface area (Å²) < 4.78 is 12.0. The Kier molecular flexibility index (Phi) is 4.37. The Morgan fingerprint density at radius 2 is 2.39 bits per heavy atom. The summed E-state index contributed by atoms with van der Waals surface area (Å²) in [6.45, 7) is 4.17. The fourth-order valence-electron chi connectivity index (χ4n) is 1.36. The molecule has 0 aliphatic rings. The molecule has 8 heteroatoms. The van der Waals surface area contributed by atoms with Gasteiger partial charge in [0.05, 0.1) is 12.7 Å². The first-order chi connectivity index (χ1) is 8.83. The van der Waals surface area contributed by atoms with E-state index in [1.807, 2.05) is 6.92 Å². The van der Waals surface area contributed by atoms with Crippen LogP contribution in [0.4, 0.5) is 0 Å². The molecule has 8 nitrogen and oxygen atoms in total. The number of nitrogens with two attached hydrogens (primary N) is 1. The van der Waals surface area contributed by atoms with Crippen molar-refractivity contribution in [3.8, 4) is 11.6 Å². The molecule has 0 aromatic carbocycles. The monoisotopic (exact) mass is 252 g/mol. The van der Waals surface area contributed by atoms with E-state index in [0.717, 1.165) is 6.42 Å². The largest absolute Gasteiger partial charge is 0.373 e. The molecule has 0 aliphatic carbocycles. The summed E-state index contributed by atoms with van der Waals surface area (Å²) in [6, 6.07) is 0. The Hall–Kier alpha value is -1.80. The zero-order valence-electron chi connectivity index (χ0n) is 10.2. The van der Waals surface area contributed by atoms with Gasteiger partial charge in [-0.1, -0.05) is 17.3 Å². The van der Waals surface area contributed by atoms with E-state index >= 15 is 0 Å². The van der Waals surface area contributed by atoms with Gasteiger partial charge in [-0.25, -0.2) is 0 Å². The molecule has 0 spiro atoms. The third kappa shape index (κ3) is 3.11. The molecule has 2 aromatic rings. The van der Waals surface area contributed by atoms with Crippen LogP contribution in [0.2, 0.25) is 0 Å². The zero-order chi connectivity index (χ0) is 12.8. The molecule has 0 saturated heterocycles. The molecule has 0 unspecified atom stereocenters. The first-order valence-corrected chi connectivity index (χ1v) is 5.84. The molecule has 0 saturated carbocycles. The average Bonchev–Trinajstić information content (AvgIpc) is 2.98. The predicted molar refractivity (Wildman–Crippen MR) is 62.3 cm³/mol. The number of hydrogen-bond acceptors (Lipinski definition) is 7. The highest BCUT2D eigenvalue weighted by Gasteiger charge is 2.12. The van der Waals surface area contributed by atoms with Crippen molar-refractivity contribution in [1.29, 1.82) is 0 Å². The van der Waals surface area contributed by atoms with Crippen LogP contribution >= 0.6 is 0 Å². The van der Waals surface area contributed by atoms with Gasteiger partial charge in [-0.15, -0.1) is 5.10 Å². The first-order valence-electron chi connectivity index (χ1n) is 5.84. The maximum atomic E-state index is 5.42. The highest BCUT2D eigenvalue weighted by molar-refractivity contribution is 5.43. The van der Waals surface area contributed by atoms with Gasteiger partial charge in [0.15, 0.2) is 11.5 Å². The van der Waals surface area contributed by atoms with Gasteiger partial charge < -0.3 is 15.0 Å². The Morgan fingerprint density at radius 1 is 1.50 bits per heavy atom. The molecule has 2 aromatic heterocycles. The zero-order valence-corrected chi connectivity index (χ0v) is 10.2. The highest BCUT2D eigenvalue weighted by atomic mass is 16.5. The van der Waals surface area contributed by atoms with Crippen molar-refractivity contribution in [1.82, 2.24) is 25.1 Å². The van der Waals surface area contributed by atoms with Crippen LogP contribution in [0, 0.1) is 0 Å². The third-order valence-corrected chi connectivity index (χ3v) is 2.16.